The van der Waals surface area contributed by atoms with Crippen molar-refractivity contribution in [2.45, 2.75) is 38.8 Å². The molecule has 0 aromatic carbocycles. The summed E-state index contributed by atoms with van der Waals surface area (Å²) in [5.74, 6) is -0.609. The molecule has 0 radical (unpaired) electrons. The highest BCUT2D eigenvalue weighted by atomic mass is 16.5. The first-order valence-electron chi connectivity index (χ1n) is 8.34. The molecule has 26 heavy (non-hydrogen) atoms. The first-order valence-corrected chi connectivity index (χ1v) is 8.34. The van der Waals surface area contributed by atoms with E-state index in [1.54, 1.807) is 16.8 Å². The van der Waals surface area contributed by atoms with Crippen molar-refractivity contribution in [1.29, 1.82) is 0 Å². The Kier molecular flexibility index (Phi) is 4.49. The Morgan fingerprint density at radius 1 is 1.42 bits per heavy atom. The van der Waals surface area contributed by atoms with Crippen LogP contribution in [0.1, 0.15) is 37.0 Å². The lowest BCUT2D eigenvalue weighted by Crippen LogP contribution is -2.38. The molecule has 1 saturated carbocycles. The number of carbonyl (C=O) groups is 2. The maximum atomic E-state index is 11.9. The molecule has 1 fully saturated rings. The van der Waals surface area contributed by atoms with Crippen molar-refractivity contribution in [2.24, 2.45) is 11.1 Å². The molecule has 2 aromatic heterocycles. The van der Waals surface area contributed by atoms with Crippen LogP contribution in [0.2, 0.25) is 0 Å². The van der Waals surface area contributed by atoms with E-state index in [2.05, 4.69) is 20.5 Å². The molecule has 0 aliphatic heterocycles. The minimum atomic E-state index is -0.609. The summed E-state index contributed by atoms with van der Waals surface area (Å²) in [7, 11) is 1.27. The number of amides is 2. The Labute approximate surface area is 150 Å². The van der Waals surface area contributed by atoms with Gasteiger partial charge >= 0.3 is 6.09 Å². The molecule has 140 valence electrons. The van der Waals surface area contributed by atoms with Crippen LogP contribution >= 0.6 is 0 Å². The minimum Gasteiger partial charge on any atom is -0.453 e. The number of anilines is 2. The number of fused-ring (bicyclic) bond motifs is 1. The van der Waals surface area contributed by atoms with E-state index >= 15 is 0 Å². The third-order valence-corrected chi connectivity index (χ3v) is 5.14. The third-order valence-electron chi connectivity index (χ3n) is 5.14. The smallest absolute Gasteiger partial charge is 0.411 e. The van der Waals surface area contributed by atoms with E-state index in [1.807, 2.05) is 13.8 Å². The lowest BCUT2D eigenvalue weighted by Gasteiger charge is -2.32. The van der Waals surface area contributed by atoms with Gasteiger partial charge in [-0.15, -0.1) is 0 Å². The molecule has 3 rings (SSSR count). The number of hydrogen-bond acceptors (Lipinski definition) is 6. The summed E-state index contributed by atoms with van der Waals surface area (Å²) in [4.78, 5) is 23.3. The van der Waals surface area contributed by atoms with Gasteiger partial charge in [0, 0.05) is 11.5 Å². The van der Waals surface area contributed by atoms with Crippen molar-refractivity contribution in [3.05, 3.63) is 24.0 Å². The van der Waals surface area contributed by atoms with Crippen molar-refractivity contribution in [3.8, 4) is 0 Å². The van der Waals surface area contributed by atoms with Crippen LogP contribution < -0.4 is 16.4 Å². The van der Waals surface area contributed by atoms with E-state index < -0.39 is 18.1 Å². The number of primary amides is 1. The summed E-state index contributed by atoms with van der Waals surface area (Å²) in [6.45, 7) is 3.96. The van der Waals surface area contributed by atoms with Crippen LogP contribution in [0.3, 0.4) is 0 Å². The Hall–Kier alpha value is -2.81. The Balaban J connectivity index is 2.04. The predicted octanol–water partition coefficient (Wildman–Crippen LogP) is 1.57. The highest BCUT2D eigenvalue weighted by Gasteiger charge is 2.42. The zero-order chi connectivity index (χ0) is 19.1. The number of aliphatic hydroxyl groups is 1. The molecule has 0 bridgehead atoms. The molecule has 2 amide bonds. The summed E-state index contributed by atoms with van der Waals surface area (Å²) in [6, 6.07) is 1.63. The molecule has 9 heteroatoms. The fourth-order valence-corrected chi connectivity index (χ4v) is 3.37. The number of aromatic nitrogens is 2. The van der Waals surface area contributed by atoms with Crippen LogP contribution in [0.5, 0.6) is 0 Å². The van der Waals surface area contributed by atoms with E-state index in [1.165, 1.54) is 13.3 Å². The van der Waals surface area contributed by atoms with Crippen LogP contribution in [0.15, 0.2) is 18.5 Å². The fourth-order valence-electron chi connectivity index (χ4n) is 3.37. The van der Waals surface area contributed by atoms with Crippen LogP contribution in [-0.4, -0.2) is 46.0 Å². The maximum Gasteiger partial charge on any atom is 0.411 e. The van der Waals surface area contributed by atoms with Crippen LogP contribution in [0.4, 0.5) is 16.2 Å². The lowest BCUT2D eigenvalue weighted by atomic mass is 9.85. The second-order valence-electron chi connectivity index (χ2n) is 7.08. The molecule has 2 aromatic rings. The van der Waals surface area contributed by atoms with E-state index in [-0.39, 0.29) is 17.0 Å². The molecule has 1 aliphatic rings. The summed E-state index contributed by atoms with van der Waals surface area (Å²) in [5, 5.41) is 20.3. The molecule has 9 nitrogen and oxygen atoms in total. The normalized spacial score (nSPS) is 21.5. The summed E-state index contributed by atoms with van der Waals surface area (Å²) < 4.78 is 6.13. The fraction of sp³-hybridized carbons (Fsp3) is 0.471. The molecule has 0 spiro atoms. The van der Waals surface area contributed by atoms with Gasteiger partial charge in [0.25, 0.3) is 5.91 Å². The Bertz CT molecular complexity index is 860. The third kappa shape index (κ3) is 3.05. The average molecular weight is 361 g/mol. The number of aliphatic hydroxyl groups excluding tert-OH is 1. The first-order chi connectivity index (χ1) is 12.2. The van der Waals surface area contributed by atoms with Gasteiger partial charge in [-0.25, -0.2) is 9.31 Å². The van der Waals surface area contributed by atoms with Gasteiger partial charge in [0.05, 0.1) is 48.1 Å². The summed E-state index contributed by atoms with van der Waals surface area (Å²) >= 11 is 0. The zero-order valence-corrected chi connectivity index (χ0v) is 14.9. The lowest BCUT2D eigenvalue weighted by molar-refractivity contribution is 0.0748. The van der Waals surface area contributed by atoms with Crippen LogP contribution in [0, 0.1) is 5.41 Å². The molecule has 5 N–H and O–H groups in total. The van der Waals surface area contributed by atoms with Gasteiger partial charge in [-0.1, -0.05) is 13.8 Å². The van der Waals surface area contributed by atoms with Gasteiger partial charge in [-0.3, -0.25) is 10.1 Å². The van der Waals surface area contributed by atoms with Gasteiger partial charge < -0.3 is 20.9 Å². The number of rotatable bonds is 4. The highest BCUT2D eigenvalue weighted by Crippen LogP contribution is 2.40. The monoisotopic (exact) mass is 361 g/mol. The minimum absolute atomic E-state index is 0.0475. The van der Waals surface area contributed by atoms with E-state index in [0.29, 0.717) is 23.3 Å². The van der Waals surface area contributed by atoms with Gasteiger partial charge in [-0.05, 0) is 18.9 Å². The van der Waals surface area contributed by atoms with Crippen molar-refractivity contribution >= 4 is 28.9 Å². The topological polar surface area (TPSA) is 131 Å². The highest BCUT2D eigenvalue weighted by molar-refractivity contribution is 6.02. The SMILES string of the molecule is COC(=O)Nc1cc2c(N[C@@H]3CC[C@@H](O)C3(C)C)c(C(N)=O)cnn2c1. The van der Waals surface area contributed by atoms with E-state index in [0.717, 1.165) is 6.42 Å². The van der Waals surface area contributed by atoms with Crippen molar-refractivity contribution in [3.63, 3.8) is 0 Å². The van der Waals surface area contributed by atoms with Gasteiger partial charge in [0.15, 0.2) is 0 Å². The van der Waals surface area contributed by atoms with E-state index in [9.17, 15) is 14.7 Å². The van der Waals surface area contributed by atoms with Crippen molar-refractivity contribution < 1.29 is 19.4 Å². The second kappa shape index (κ2) is 6.49. The van der Waals surface area contributed by atoms with Gasteiger partial charge in [-0.2, -0.15) is 5.10 Å². The summed E-state index contributed by atoms with van der Waals surface area (Å²) in [5.41, 5.74) is 6.98. The predicted molar refractivity (Wildman–Crippen MR) is 96.2 cm³/mol. The van der Waals surface area contributed by atoms with Gasteiger partial charge in [0.1, 0.15) is 0 Å². The Morgan fingerprint density at radius 2 is 2.15 bits per heavy atom. The molecule has 2 atom stereocenters. The largest absolute Gasteiger partial charge is 0.453 e. The first kappa shape index (κ1) is 18.0. The molecular formula is C17H23N5O4. The molecule has 0 saturated heterocycles. The molecular weight excluding hydrogens is 338 g/mol. The number of ether oxygens (including phenoxy) is 1. The zero-order valence-electron chi connectivity index (χ0n) is 14.9. The number of carbonyl (C=O) groups excluding carboxylic acids is 2. The molecule has 0 unspecified atom stereocenters. The molecule has 2 heterocycles. The Morgan fingerprint density at radius 3 is 2.73 bits per heavy atom. The number of nitrogens with one attached hydrogen (secondary N) is 2. The van der Waals surface area contributed by atoms with Crippen LogP contribution in [0.25, 0.3) is 5.52 Å². The van der Waals surface area contributed by atoms with Crippen molar-refractivity contribution in [2.75, 3.05) is 17.7 Å². The van der Waals surface area contributed by atoms with Crippen LogP contribution in [-0.2, 0) is 4.74 Å². The standard InChI is InChI=1S/C17H23N5O4/c1-17(2)12(4-5-13(17)23)21-14-10(15(18)24)7-19-22-8-9(6-11(14)22)20-16(25)26-3/h6-8,12-13,21,23H,4-5H2,1-3H3,(H2,18,24)(H,20,25)/t12-,13-/m1/s1. The average Bonchev–Trinajstić information content (AvgIpc) is 3.09. The number of hydrogen-bond donors (Lipinski definition) is 4. The quantitative estimate of drug-likeness (QED) is 0.654. The van der Waals surface area contributed by atoms with E-state index in [4.69, 9.17) is 5.73 Å². The number of methoxy groups -OCH3 is 1. The van der Waals surface area contributed by atoms with Crippen molar-refractivity contribution in [1.82, 2.24) is 9.61 Å². The maximum absolute atomic E-state index is 11.9. The second-order valence-corrected chi connectivity index (χ2v) is 7.08. The number of nitrogens with zero attached hydrogens (tertiary/aromatic N) is 2. The number of nitrogens with two attached hydrogens (primary N) is 1. The summed E-state index contributed by atoms with van der Waals surface area (Å²) in [6.07, 6.45) is 3.39. The van der Waals surface area contributed by atoms with Gasteiger partial charge in [0.2, 0.25) is 0 Å². The molecule has 1 aliphatic carbocycles.